The summed E-state index contributed by atoms with van der Waals surface area (Å²) in [5.41, 5.74) is 11.1. The minimum atomic E-state index is -4.54. The lowest BCUT2D eigenvalue weighted by atomic mass is 9.81. The first kappa shape index (κ1) is 102. The third kappa shape index (κ3) is 25.7. The number of benzene rings is 4. The molecule has 127 heavy (non-hydrogen) atoms. The molecule has 2 saturated heterocycles. The maximum Gasteiger partial charge on any atom is 0.306 e. The summed E-state index contributed by atoms with van der Waals surface area (Å²) in [4.78, 5) is 28.9. The molecule has 8 aliphatic rings. The summed E-state index contributed by atoms with van der Waals surface area (Å²) in [6, 6.07) is 19.7. The number of carbonyl (C=O) groups is 2. The highest BCUT2D eigenvalue weighted by Crippen LogP contribution is 2.53. The van der Waals surface area contributed by atoms with Crippen LogP contribution in [-0.2, 0) is 111 Å². The topological polar surface area (TPSA) is 506 Å². The predicted octanol–water partition coefficient (Wildman–Crippen LogP) is 13.8. The first-order valence-electron chi connectivity index (χ1n) is 41.0. The van der Waals surface area contributed by atoms with Crippen molar-refractivity contribution in [2.24, 2.45) is 11.8 Å². The molecule has 12 rings (SSSR count). The van der Waals surface area contributed by atoms with E-state index < -0.39 is 123 Å². The van der Waals surface area contributed by atoms with Crippen LogP contribution in [0.4, 0.5) is 22.7 Å². The van der Waals surface area contributed by atoms with Crippen molar-refractivity contribution in [2.45, 2.75) is 187 Å². The first-order valence-corrected chi connectivity index (χ1v) is 52.2. The number of aliphatic carboxylic acids is 2. The number of allylic oxidation sites excluding steroid dienone is 16. The maximum absolute atomic E-state index is 12.2. The maximum atomic E-state index is 12.2. The quantitative estimate of drug-likeness (QED) is 0.00733. The zero-order valence-electron chi connectivity index (χ0n) is 71.3. The number of halogens is 1. The van der Waals surface area contributed by atoms with Crippen LogP contribution in [0.15, 0.2) is 185 Å². The number of nitrogens with one attached hydrogen (secondary N) is 1. The van der Waals surface area contributed by atoms with Crippen LogP contribution >= 0.6 is 35.7 Å². The van der Waals surface area contributed by atoms with Gasteiger partial charge >= 0.3 is 11.9 Å². The van der Waals surface area contributed by atoms with Gasteiger partial charge in [0.05, 0.1) is 74.1 Å². The molecule has 1 saturated carbocycles. The Morgan fingerprint density at radius 2 is 0.858 bits per heavy atom. The lowest BCUT2D eigenvalue weighted by molar-refractivity contribution is -0.539. The molecule has 6 heterocycles. The average molecular weight is 1940 g/mol. The van der Waals surface area contributed by atoms with Crippen LogP contribution in [0.2, 0.25) is 0 Å². The molecule has 4 aromatic rings. The Labute approximate surface area is 754 Å². The first-order chi connectivity index (χ1) is 59.3. The number of rotatable bonds is 31. The Balaban J connectivity index is 0.000000242. The Morgan fingerprint density at radius 3 is 1.27 bits per heavy atom. The number of nitrogens with zero attached hydrogens (tertiary/aromatic N) is 5. The molecule has 0 bridgehead atoms. The lowest BCUT2D eigenvalue weighted by Gasteiger charge is -2.28. The van der Waals surface area contributed by atoms with E-state index in [2.05, 4.69) is 34.7 Å². The van der Waals surface area contributed by atoms with Gasteiger partial charge in [-0.2, -0.15) is 55.1 Å². The molecule has 4 aromatic carbocycles. The molecule has 6 aliphatic heterocycles. The largest absolute Gasteiger partial charge is 0.481 e. The second kappa shape index (κ2) is 41.6. The van der Waals surface area contributed by atoms with E-state index in [0.717, 1.165) is 136 Å². The third-order valence-corrected chi connectivity index (χ3v) is 30.6. The number of anilines is 3. The molecule has 0 unspecified atom stereocenters. The van der Waals surface area contributed by atoms with Crippen molar-refractivity contribution in [1.82, 2.24) is 5.32 Å². The molecule has 696 valence electrons. The smallest absolute Gasteiger partial charge is 0.306 e. The minimum Gasteiger partial charge on any atom is -0.481 e. The zero-order chi connectivity index (χ0) is 93.4. The second-order valence-electron chi connectivity index (χ2n) is 34.1. The zero-order valence-corrected chi connectivity index (χ0v) is 78.6. The highest BCUT2D eigenvalue weighted by Gasteiger charge is 2.47. The van der Waals surface area contributed by atoms with Gasteiger partial charge in [0.25, 0.3) is 60.7 Å². The van der Waals surface area contributed by atoms with Gasteiger partial charge in [-0.1, -0.05) is 87.5 Å². The standard InChI is InChI=1S/C42H53N3O14S4.C36H43ClN2O12S4.C6H11NO2/c1-41(2)33-26-31(60-59-58-48)12-14-35(33)44(20-6-24-61(49,50)51)37(41)16-10-28-8-5-9-29(39(28)43-22-18-30(19-23-43)40(46)47)11-17-38-42(3,4)34-27-32(63(55,56)57)13-15-36(34)45(38)21-7-25-62(52,53)54;1-35(2)28-22-26(52-51-50-40)12-14-30(28)38(18-6-20-53(41,42)43)32(35)16-10-24-8-5-9-25(34(24)37)11-17-33-36(3,4)29-23-27(55(47,48)49)13-15-31(29)39(33)19-7-21-54(44,45)46;8-6(9)5-1-3-7-4-2-5/h10-17,26-27,30H,5-9,18-25H2,1-4H3,(H4-,46,47,48,49,50,51,52,53,54,55,56,57);10-17,22-23H,5-9,18-21H2,1-4H3,(H3-,40,41,42,43,44,45,46,47,48,49);5,7H,1-4H2,(H,8,9)/p+2. The highest BCUT2D eigenvalue weighted by atomic mass is 35.5. The number of fused-ring (bicyclic) bond motifs is 4. The van der Waals surface area contributed by atoms with Crippen molar-refractivity contribution in [3.8, 4) is 0 Å². The van der Waals surface area contributed by atoms with Gasteiger partial charge in [-0.3, -0.25) is 36.9 Å². The molecule has 34 nitrogen and oxygen atoms in total. The molecular weight excluding hydrogens is 1830 g/mol. The average Bonchev–Trinajstić information content (AvgIpc) is 1.59. The molecule has 0 amide bonds. The van der Waals surface area contributed by atoms with Crippen LogP contribution in [-0.4, -0.2) is 206 Å². The number of carboxylic acids is 2. The van der Waals surface area contributed by atoms with Gasteiger partial charge in [-0.25, -0.2) is 15.1 Å². The van der Waals surface area contributed by atoms with Crippen molar-refractivity contribution >= 4 is 143 Å². The van der Waals surface area contributed by atoms with Gasteiger partial charge in [-0.15, -0.1) is 8.67 Å². The van der Waals surface area contributed by atoms with Crippen molar-refractivity contribution in [3.63, 3.8) is 0 Å². The minimum absolute atomic E-state index is 0.0673. The Kier molecular flexibility index (Phi) is 33.4. The van der Waals surface area contributed by atoms with Gasteiger partial charge in [0.1, 0.15) is 19.6 Å². The van der Waals surface area contributed by atoms with Crippen LogP contribution in [0.25, 0.3) is 0 Å². The summed E-state index contributed by atoms with van der Waals surface area (Å²) < 4.78 is 213. The molecule has 3 fully saturated rings. The van der Waals surface area contributed by atoms with Crippen molar-refractivity contribution < 1.29 is 136 Å². The van der Waals surface area contributed by atoms with Gasteiger partial charge in [-0.05, 0) is 210 Å². The van der Waals surface area contributed by atoms with Crippen LogP contribution < -0.4 is 20.0 Å². The van der Waals surface area contributed by atoms with Crippen molar-refractivity contribution in [3.05, 3.63) is 188 Å². The van der Waals surface area contributed by atoms with Gasteiger partial charge in [0.2, 0.25) is 11.4 Å². The van der Waals surface area contributed by atoms with Crippen molar-refractivity contribution in [2.75, 3.05) is 90.1 Å². The summed E-state index contributed by atoms with van der Waals surface area (Å²) in [6.45, 7) is 19.4. The molecular formula is C84H109ClN6O28S8+2. The van der Waals surface area contributed by atoms with E-state index in [-0.39, 0.29) is 61.0 Å². The van der Waals surface area contributed by atoms with E-state index in [9.17, 15) is 92.5 Å². The van der Waals surface area contributed by atoms with Crippen LogP contribution in [0, 0.1) is 11.8 Å². The summed E-state index contributed by atoms with van der Waals surface area (Å²) in [5.74, 6) is -3.85. The monoisotopic (exact) mass is 1940 g/mol. The van der Waals surface area contributed by atoms with E-state index >= 15 is 0 Å². The fourth-order valence-electron chi connectivity index (χ4n) is 17.7. The molecule has 0 spiro atoms. The molecule has 11 N–H and O–H groups in total. The summed E-state index contributed by atoms with van der Waals surface area (Å²) in [5, 5.41) is 47.0. The van der Waals surface area contributed by atoms with Gasteiger partial charge < -0.3 is 30.2 Å². The van der Waals surface area contributed by atoms with Gasteiger partial charge in [0.15, 0.2) is 5.71 Å². The summed E-state index contributed by atoms with van der Waals surface area (Å²) in [7, 11) is -25.9. The summed E-state index contributed by atoms with van der Waals surface area (Å²) >= 11 is 8.73. The SMILES string of the molecule is CC1(C)C(/C=C/C2=C(Cl)C(=C/C=C3\N(CCCS(=O)(=O)O)c4ccc(S(=O)(=O)O)cc4C3(C)C)/CCC2)=[N+](CCCS(=O)(=O)O)c2ccc(SOOO)cc21.CC1(C)C(=CC=C2CCC/C(=C\C=C3/N(CCCS(=O)(=O)O)c4ccc(S(=O)(=O)O)cc4C3(C)C)C2=[N+]2CCC(C(=O)O)CC2)N(CCCS(=O)(=O)O)c2ccc(SOOO)cc21.O=C(O)C1CCNCC1. The number of carboxylic acid groups (broad SMARTS) is 2. The van der Waals surface area contributed by atoms with E-state index in [4.69, 9.17) is 27.2 Å². The Morgan fingerprint density at radius 1 is 0.480 bits per heavy atom. The van der Waals surface area contributed by atoms with E-state index in [0.29, 0.717) is 95.5 Å². The second-order valence-corrected chi connectivity index (χ2v) is 45.1. The fraction of sp³-hybridized carbons (Fsp3) is 0.476. The van der Waals surface area contributed by atoms with Crippen molar-refractivity contribution in [1.29, 1.82) is 0 Å². The van der Waals surface area contributed by atoms with Crippen LogP contribution in [0.3, 0.4) is 0 Å². The molecule has 2 aliphatic carbocycles. The molecule has 43 heteroatoms. The van der Waals surface area contributed by atoms with Crippen LogP contribution in [0.1, 0.15) is 168 Å². The molecule has 0 atom stereocenters. The third-order valence-electron chi connectivity index (χ3n) is 24.1. The van der Waals surface area contributed by atoms with E-state index in [1.165, 1.54) is 24.3 Å². The number of piperidine rings is 2. The number of hydrogen-bond acceptors (Lipinski definition) is 26. The van der Waals surface area contributed by atoms with E-state index in [1.54, 1.807) is 24.3 Å². The Bertz CT molecular complexity index is 5940. The normalized spacial score (nSPS) is 21.5. The Hall–Kier alpha value is -7.35. The van der Waals surface area contributed by atoms with Gasteiger partial charge in [0, 0.05) is 133 Å². The van der Waals surface area contributed by atoms with E-state index in [1.807, 2.05) is 141 Å². The number of hydrogen-bond donors (Lipinski definition) is 11. The molecule has 0 aromatic heterocycles. The lowest BCUT2D eigenvalue weighted by Crippen LogP contribution is -2.36. The summed E-state index contributed by atoms with van der Waals surface area (Å²) in [6.07, 6.45) is 22.9. The van der Waals surface area contributed by atoms with Crippen LogP contribution in [0.5, 0.6) is 0 Å². The highest BCUT2D eigenvalue weighted by molar-refractivity contribution is 7.94. The fourth-order valence-corrected chi connectivity index (χ4v) is 21.8. The molecule has 0 radical (unpaired) electrons. The predicted molar refractivity (Wildman–Crippen MR) is 482 cm³/mol.